The minimum Gasteiger partial charge on any atom is -0.478 e. The topological polar surface area (TPSA) is 72.3 Å². The molecule has 2 aromatic rings. The zero-order chi connectivity index (χ0) is 15.6. The standard InChI is InChI=1S/C16H18N2O3/c1-9(2)13-8-11(4)17-16(18-13)21-14-6-5-12(15(19)20)7-10(14)3/h5-9H,1-4H3,(H,19,20). The largest absolute Gasteiger partial charge is 0.478 e. The summed E-state index contributed by atoms with van der Waals surface area (Å²) in [6, 6.07) is 6.91. The van der Waals surface area contributed by atoms with Crippen molar-refractivity contribution in [2.45, 2.75) is 33.6 Å². The lowest BCUT2D eigenvalue weighted by molar-refractivity contribution is 0.0697. The first-order valence-electron chi connectivity index (χ1n) is 6.74. The van der Waals surface area contributed by atoms with E-state index in [1.165, 1.54) is 6.07 Å². The fourth-order valence-corrected chi connectivity index (χ4v) is 1.90. The molecule has 0 aliphatic carbocycles. The summed E-state index contributed by atoms with van der Waals surface area (Å²) in [6.07, 6.45) is 0. The minimum absolute atomic E-state index is 0.230. The van der Waals surface area contributed by atoms with Gasteiger partial charge in [-0.2, -0.15) is 4.98 Å². The van der Waals surface area contributed by atoms with E-state index in [1.807, 2.05) is 13.0 Å². The van der Waals surface area contributed by atoms with Gasteiger partial charge in [0, 0.05) is 5.69 Å². The summed E-state index contributed by atoms with van der Waals surface area (Å²) in [5.74, 6) is -0.122. The quantitative estimate of drug-likeness (QED) is 0.927. The van der Waals surface area contributed by atoms with E-state index in [0.29, 0.717) is 5.75 Å². The predicted molar refractivity (Wildman–Crippen MR) is 79.1 cm³/mol. The predicted octanol–water partition coefficient (Wildman–Crippen LogP) is 3.71. The van der Waals surface area contributed by atoms with Crippen LogP contribution in [0.3, 0.4) is 0 Å². The Morgan fingerprint density at radius 1 is 1.19 bits per heavy atom. The molecule has 0 bridgehead atoms. The van der Waals surface area contributed by atoms with Gasteiger partial charge >= 0.3 is 12.0 Å². The number of hydrogen-bond donors (Lipinski definition) is 1. The van der Waals surface area contributed by atoms with Crippen LogP contribution in [-0.4, -0.2) is 21.0 Å². The zero-order valence-corrected chi connectivity index (χ0v) is 12.5. The van der Waals surface area contributed by atoms with E-state index in [-0.39, 0.29) is 17.5 Å². The number of rotatable bonds is 4. The van der Waals surface area contributed by atoms with Gasteiger partial charge in [0.15, 0.2) is 0 Å². The molecule has 110 valence electrons. The molecule has 0 saturated carbocycles. The lowest BCUT2D eigenvalue weighted by atomic mass is 10.1. The van der Waals surface area contributed by atoms with Crippen molar-refractivity contribution in [3.05, 3.63) is 46.8 Å². The van der Waals surface area contributed by atoms with Gasteiger partial charge in [-0.15, -0.1) is 0 Å². The molecule has 1 aromatic carbocycles. The Labute approximate surface area is 123 Å². The average Bonchev–Trinajstić information content (AvgIpc) is 2.40. The van der Waals surface area contributed by atoms with Gasteiger partial charge in [-0.25, -0.2) is 9.78 Å². The number of carboxylic acids is 1. The maximum atomic E-state index is 10.9. The van der Waals surface area contributed by atoms with Crippen molar-refractivity contribution >= 4 is 5.97 Å². The molecule has 1 aromatic heterocycles. The van der Waals surface area contributed by atoms with Gasteiger partial charge in [0.25, 0.3) is 0 Å². The van der Waals surface area contributed by atoms with Gasteiger partial charge in [0.05, 0.1) is 11.3 Å². The summed E-state index contributed by atoms with van der Waals surface area (Å²) in [6.45, 7) is 7.79. The second-order valence-electron chi connectivity index (χ2n) is 5.26. The van der Waals surface area contributed by atoms with Crippen LogP contribution in [0.4, 0.5) is 0 Å². The SMILES string of the molecule is Cc1cc(C(C)C)nc(Oc2ccc(C(=O)O)cc2C)n1. The van der Waals surface area contributed by atoms with Crippen LogP contribution in [0.2, 0.25) is 0 Å². The molecular formula is C16H18N2O3. The van der Waals surface area contributed by atoms with Crippen molar-refractivity contribution < 1.29 is 14.6 Å². The van der Waals surface area contributed by atoms with E-state index in [4.69, 9.17) is 9.84 Å². The molecule has 0 radical (unpaired) electrons. The third kappa shape index (κ3) is 3.56. The molecular weight excluding hydrogens is 268 g/mol. The van der Waals surface area contributed by atoms with Gasteiger partial charge in [-0.05, 0) is 49.6 Å². The Morgan fingerprint density at radius 2 is 1.90 bits per heavy atom. The number of aromatic nitrogens is 2. The fourth-order valence-electron chi connectivity index (χ4n) is 1.90. The maximum Gasteiger partial charge on any atom is 0.335 e. The molecule has 0 fully saturated rings. The molecule has 0 saturated heterocycles. The smallest absolute Gasteiger partial charge is 0.335 e. The van der Waals surface area contributed by atoms with Crippen LogP contribution in [0.5, 0.6) is 11.8 Å². The summed E-state index contributed by atoms with van der Waals surface area (Å²) in [7, 11) is 0. The summed E-state index contributed by atoms with van der Waals surface area (Å²) in [4.78, 5) is 19.6. The summed E-state index contributed by atoms with van der Waals surface area (Å²) in [5, 5.41) is 8.96. The van der Waals surface area contributed by atoms with E-state index in [2.05, 4.69) is 23.8 Å². The third-order valence-electron chi connectivity index (χ3n) is 3.07. The fraction of sp³-hybridized carbons (Fsp3) is 0.312. The van der Waals surface area contributed by atoms with Crippen molar-refractivity contribution in [2.24, 2.45) is 0 Å². The van der Waals surface area contributed by atoms with Crippen molar-refractivity contribution in [3.63, 3.8) is 0 Å². The molecule has 21 heavy (non-hydrogen) atoms. The molecule has 2 rings (SSSR count). The number of hydrogen-bond acceptors (Lipinski definition) is 4. The molecule has 0 aliphatic heterocycles. The van der Waals surface area contributed by atoms with Gasteiger partial charge in [-0.3, -0.25) is 0 Å². The number of aromatic carboxylic acids is 1. The van der Waals surface area contributed by atoms with E-state index in [9.17, 15) is 4.79 Å². The first-order chi connectivity index (χ1) is 9.86. The number of ether oxygens (including phenoxy) is 1. The number of benzene rings is 1. The first-order valence-corrected chi connectivity index (χ1v) is 6.74. The van der Waals surface area contributed by atoms with Crippen molar-refractivity contribution in [1.29, 1.82) is 0 Å². The molecule has 0 atom stereocenters. The number of aryl methyl sites for hydroxylation is 2. The second kappa shape index (κ2) is 5.91. The molecule has 5 heteroatoms. The summed E-state index contributed by atoms with van der Waals surface area (Å²) in [5.41, 5.74) is 2.71. The monoisotopic (exact) mass is 286 g/mol. The van der Waals surface area contributed by atoms with Gasteiger partial charge in [-0.1, -0.05) is 13.8 Å². The van der Waals surface area contributed by atoms with Crippen LogP contribution < -0.4 is 4.74 Å². The van der Waals surface area contributed by atoms with Gasteiger partial charge in [0.2, 0.25) is 0 Å². The number of carbonyl (C=O) groups is 1. The molecule has 5 nitrogen and oxygen atoms in total. The summed E-state index contributed by atoms with van der Waals surface area (Å²) < 4.78 is 5.70. The number of carboxylic acid groups (broad SMARTS) is 1. The van der Waals surface area contributed by atoms with Crippen LogP contribution in [0.1, 0.15) is 47.1 Å². The van der Waals surface area contributed by atoms with Crippen LogP contribution in [-0.2, 0) is 0 Å². The highest BCUT2D eigenvalue weighted by Crippen LogP contribution is 2.25. The van der Waals surface area contributed by atoms with Gasteiger partial charge < -0.3 is 9.84 Å². The molecule has 1 N–H and O–H groups in total. The van der Waals surface area contributed by atoms with Crippen LogP contribution >= 0.6 is 0 Å². The maximum absolute atomic E-state index is 10.9. The third-order valence-corrected chi connectivity index (χ3v) is 3.07. The van der Waals surface area contributed by atoms with E-state index >= 15 is 0 Å². The molecule has 1 heterocycles. The molecule has 0 aliphatic rings. The van der Waals surface area contributed by atoms with Crippen LogP contribution in [0, 0.1) is 13.8 Å². The Bertz CT molecular complexity index is 681. The highest BCUT2D eigenvalue weighted by Gasteiger charge is 2.11. The Kier molecular flexibility index (Phi) is 4.21. The molecule has 0 amide bonds. The Balaban J connectivity index is 2.32. The van der Waals surface area contributed by atoms with Gasteiger partial charge in [0.1, 0.15) is 5.75 Å². The second-order valence-corrected chi connectivity index (χ2v) is 5.26. The van der Waals surface area contributed by atoms with E-state index < -0.39 is 5.97 Å². The Hall–Kier alpha value is -2.43. The lowest BCUT2D eigenvalue weighted by Crippen LogP contribution is -2.02. The van der Waals surface area contributed by atoms with Crippen molar-refractivity contribution in [1.82, 2.24) is 9.97 Å². The highest BCUT2D eigenvalue weighted by atomic mass is 16.5. The zero-order valence-electron chi connectivity index (χ0n) is 12.5. The number of nitrogens with zero attached hydrogens (tertiary/aromatic N) is 2. The lowest BCUT2D eigenvalue weighted by Gasteiger charge is -2.11. The molecule has 0 spiro atoms. The van der Waals surface area contributed by atoms with E-state index in [1.54, 1.807) is 19.1 Å². The molecule has 0 unspecified atom stereocenters. The Morgan fingerprint density at radius 3 is 2.48 bits per heavy atom. The highest BCUT2D eigenvalue weighted by molar-refractivity contribution is 5.88. The van der Waals surface area contributed by atoms with Crippen molar-refractivity contribution in [3.8, 4) is 11.8 Å². The van der Waals surface area contributed by atoms with Crippen LogP contribution in [0.25, 0.3) is 0 Å². The van der Waals surface area contributed by atoms with Crippen molar-refractivity contribution in [2.75, 3.05) is 0 Å². The minimum atomic E-state index is -0.960. The first kappa shape index (κ1) is 15.0. The van der Waals surface area contributed by atoms with Crippen LogP contribution in [0.15, 0.2) is 24.3 Å². The normalized spacial score (nSPS) is 10.7. The van der Waals surface area contributed by atoms with E-state index in [0.717, 1.165) is 17.0 Å². The summed E-state index contributed by atoms with van der Waals surface area (Å²) >= 11 is 0. The average molecular weight is 286 g/mol.